The SMILES string of the molecule is C[P+]1(c2ccccc2)CCCCC1. The van der Waals surface area contributed by atoms with Crippen molar-refractivity contribution in [3.8, 4) is 0 Å². The summed E-state index contributed by atoms with van der Waals surface area (Å²) in [5, 5.41) is 1.65. The van der Waals surface area contributed by atoms with E-state index >= 15 is 0 Å². The Labute approximate surface area is 81.7 Å². The molecule has 0 N–H and O–H groups in total. The van der Waals surface area contributed by atoms with Gasteiger partial charge in [-0.25, -0.2) is 0 Å². The van der Waals surface area contributed by atoms with Gasteiger partial charge in [0.1, 0.15) is 0 Å². The van der Waals surface area contributed by atoms with Crippen LogP contribution in [0.3, 0.4) is 0 Å². The predicted octanol–water partition coefficient (Wildman–Crippen LogP) is 3.14. The van der Waals surface area contributed by atoms with Crippen molar-refractivity contribution in [3.05, 3.63) is 30.3 Å². The second-order valence-corrected chi connectivity index (χ2v) is 8.44. The third-order valence-corrected chi connectivity index (χ3v) is 7.33. The molecule has 0 radical (unpaired) electrons. The van der Waals surface area contributed by atoms with Crippen LogP contribution < -0.4 is 5.30 Å². The van der Waals surface area contributed by atoms with E-state index in [1.54, 1.807) is 5.30 Å². The lowest BCUT2D eigenvalue weighted by Gasteiger charge is -2.26. The van der Waals surface area contributed by atoms with Gasteiger partial charge in [-0.3, -0.25) is 0 Å². The summed E-state index contributed by atoms with van der Waals surface area (Å²) in [6.45, 7) is 2.53. The van der Waals surface area contributed by atoms with Crippen LogP contribution in [0.25, 0.3) is 0 Å². The third kappa shape index (κ3) is 1.94. The zero-order chi connectivity index (χ0) is 9.15. The average Bonchev–Trinajstić information content (AvgIpc) is 2.20. The van der Waals surface area contributed by atoms with E-state index in [2.05, 4.69) is 37.0 Å². The van der Waals surface area contributed by atoms with Gasteiger partial charge in [-0.05, 0) is 31.4 Å². The third-order valence-electron chi connectivity index (χ3n) is 3.18. The molecule has 1 heteroatoms. The molecule has 1 aliphatic heterocycles. The monoisotopic (exact) mass is 193 g/mol. The fourth-order valence-corrected chi connectivity index (χ4v) is 5.73. The van der Waals surface area contributed by atoms with E-state index < -0.39 is 7.26 Å². The molecule has 0 atom stereocenters. The smallest absolute Gasteiger partial charge is 0.0620 e. The molecule has 0 nitrogen and oxygen atoms in total. The van der Waals surface area contributed by atoms with Crippen molar-refractivity contribution in [2.45, 2.75) is 19.3 Å². The first-order chi connectivity index (χ1) is 6.31. The summed E-state index contributed by atoms with van der Waals surface area (Å²) in [4.78, 5) is 0. The second-order valence-electron chi connectivity index (χ2n) is 4.24. The van der Waals surface area contributed by atoms with Gasteiger partial charge in [0.05, 0.1) is 24.3 Å². The van der Waals surface area contributed by atoms with E-state index in [0.29, 0.717) is 0 Å². The lowest BCUT2D eigenvalue weighted by Crippen LogP contribution is -2.19. The minimum Gasteiger partial charge on any atom is -0.0620 e. The van der Waals surface area contributed by atoms with Crippen LogP contribution in [0.1, 0.15) is 19.3 Å². The van der Waals surface area contributed by atoms with E-state index in [0.717, 1.165) is 0 Å². The van der Waals surface area contributed by atoms with Crippen LogP contribution in [-0.2, 0) is 0 Å². The molecule has 0 spiro atoms. The van der Waals surface area contributed by atoms with Crippen molar-refractivity contribution in [2.24, 2.45) is 0 Å². The van der Waals surface area contributed by atoms with Gasteiger partial charge in [-0.1, -0.05) is 18.2 Å². The molecule has 0 aromatic heterocycles. The first kappa shape index (κ1) is 9.21. The molecule has 0 saturated carbocycles. The molecule has 70 valence electrons. The topological polar surface area (TPSA) is 0 Å². The minimum absolute atomic E-state index is 0.716. The summed E-state index contributed by atoms with van der Waals surface area (Å²) >= 11 is 0. The standard InChI is InChI=1S/C12H18P/c1-13(10-6-3-7-11-13)12-8-4-2-5-9-12/h2,4-5,8-9H,3,6-7,10-11H2,1H3/q+1. The molecule has 1 aromatic carbocycles. The van der Waals surface area contributed by atoms with Gasteiger partial charge in [0.2, 0.25) is 0 Å². The highest BCUT2D eigenvalue weighted by Gasteiger charge is 2.35. The summed E-state index contributed by atoms with van der Waals surface area (Å²) in [6.07, 6.45) is 7.34. The zero-order valence-corrected chi connectivity index (χ0v) is 9.26. The quantitative estimate of drug-likeness (QED) is 0.601. The summed E-state index contributed by atoms with van der Waals surface area (Å²) < 4.78 is 0. The number of benzene rings is 1. The molecule has 0 unspecified atom stereocenters. The Balaban J connectivity index is 2.23. The molecule has 1 heterocycles. The van der Waals surface area contributed by atoms with Crippen molar-refractivity contribution in [3.63, 3.8) is 0 Å². The molecule has 0 amide bonds. The first-order valence-corrected chi connectivity index (χ1v) is 7.82. The summed E-state index contributed by atoms with van der Waals surface area (Å²) in [5.41, 5.74) is 0. The highest BCUT2D eigenvalue weighted by molar-refractivity contribution is 7.82. The largest absolute Gasteiger partial charge is 0.0936 e. The Morgan fingerprint density at radius 1 is 0.923 bits per heavy atom. The summed E-state index contributed by atoms with van der Waals surface area (Å²) in [5.74, 6) is 0. The highest BCUT2D eigenvalue weighted by Crippen LogP contribution is 2.57. The van der Waals surface area contributed by atoms with E-state index in [4.69, 9.17) is 0 Å². The zero-order valence-electron chi connectivity index (χ0n) is 8.37. The van der Waals surface area contributed by atoms with Gasteiger partial charge in [-0.15, -0.1) is 0 Å². The van der Waals surface area contributed by atoms with Gasteiger partial charge in [0.25, 0.3) is 0 Å². The molecular formula is C12H18P+. The average molecular weight is 193 g/mol. The normalized spacial score (nSPS) is 21.3. The van der Waals surface area contributed by atoms with E-state index in [1.165, 1.54) is 31.6 Å². The van der Waals surface area contributed by atoms with Crippen molar-refractivity contribution in [1.82, 2.24) is 0 Å². The van der Waals surface area contributed by atoms with E-state index in [9.17, 15) is 0 Å². The van der Waals surface area contributed by atoms with Gasteiger partial charge < -0.3 is 0 Å². The summed E-state index contributed by atoms with van der Waals surface area (Å²) in [7, 11) is -0.716. The van der Waals surface area contributed by atoms with Crippen LogP contribution >= 0.6 is 7.26 Å². The minimum atomic E-state index is -0.716. The van der Waals surface area contributed by atoms with E-state index in [-0.39, 0.29) is 0 Å². The van der Waals surface area contributed by atoms with Crippen LogP contribution in [0.15, 0.2) is 30.3 Å². The highest BCUT2D eigenvalue weighted by atomic mass is 31.2. The summed E-state index contributed by atoms with van der Waals surface area (Å²) in [6, 6.07) is 11.2. The number of hydrogen-bond donors (Lipinski definition) is 0. The maximum absolute atomic E-state index is 2.53. The Morgan fingerprint density at radius 2 is 1.54 bits per heavy atom. The number of hydrogen-bond acceptors (Lipinski definition) is 0. The fraction of sp³-hybridized carbons (Fsp3) is 0.500. The van der Waals surface area contributed by atoms with Crippen LogP contribution in [-0.4, -0.2) is 19.0 Å². The second kappa shape index (κ2) is 3.80. The molecule has 0 bridgehead atoms. The molecule has 2 rings (SSSR count). The maximum atomic E-state index is 2.53. The molecule has 1 aromatic rings. The van der Waals surface area contributed by atoms with Crippen LogP contribution in [0.4, 0.5) is 0 Å². The molecule has 1 fully saturated rings. The molecule has 13 heavy (non-hydrogen) atoms. The lowest BCUT2D eigenvalue weighted by atomic mass is 10.3. The van der Waals surface area contributed by atoms with Crippen molar-refractivity contribution < 1.29 is 0 Å². The van der Waals surface area contributed by atoms with Crippen molar-refractivity contribution in [2.75, 3.05) is 19.0 Å². The van der Waals surface area contributed by atoms with Crippen LogP contribution in [0, 0.1) is 0 Å². The van der Waals surface area contributed by atoms with Gasteiger partial charge in [0, 0.05) is 7.26 Å². The Morgan fingerprint density at radius 3 is 2.15 bits per heavy atom. The van der Waals surface area contributed by atoms with Gasteiger partial charge >= 0.3 is 0 Å². The Bertz CT molecular complexity index is 260. The van der Waals surface area contributed by atoms with Crippen molar-refractivity contribution >= 4 is 12.6 Å². The molecule has 1 aliphatic rings. The molecule has 1 saturated heterocycles. The fourth-order valence-electron chi connectivity index (χ4n) is 2.26. The van der Waals surface area contributed by atoms with Crippen LogP contribution in [0.2, 0.25) is 0 Å². The van der Waals surface area contributed by atoms with Gasteiger partial charge in [-0.2, -0.15) is 0 Å². The van der Waals surface area contributed by atoms with Crippen molar-refractivity contribution in [1.29, 1.82) is 0 Å². The first-order valence-electron chi connectivity index (χ1n) is 5.21. The Hall–Kier alpha value is -0.350. The van der Waals surface area contributed by atoms with Crippen LogP contribution in [0.5, 0.6) is 0 Å². The lowest BCUT2D eigenvalue weighted by molar-refractivity contribution is 0.749. The number of rotatable bonds is 1. The maximum Gasteiger partial charge on any atom is 0.0936 e. The molecule has 0 aliphatic carbocycles. The van der Waals surface area contributed by atoms with E-state index in [1.807, 2.05) is 0 Å². The molecular weight excluding hydrogens is 175 g/mol. The Kier molecular flexibility index (Phi) is 2.69. The van der Waals surface area contributed by atoms with Gasteiger partial charge in [0.15, 0.2) is 0 Å². The predicted molar refractivity (Wildman–Crippen MR) is 62.5 cm³/mol.